The highest BCUT2D eigenvalue weighted by Crippen LogP contribution is 2.12. The van der Waals surface area contributed by atoms with E-state index >= 15 is 0 Å². The molecule has 0 aromatic heterocycles. The number of carbonyl (C=O) groups excluding carboxylic acids is 2. The van der Waals surface area contributed by atoms with E-state index in [2.05, 4.69) is 19.1 Å². The number of carbonyl (C=O) groups is 2. The number of hydrogen-bond acceptors (Lipinski definition) is 4. The van der Waals surface area contributed by atoms with E-state index in [0.29, 0.717) is 13.0 Å². The first-order valence-electron chi connectivity index (χ1n) is 13.7. The monoisotopic (exact) mass is 452 g/mol. The van der Waals surface area contributed by atoms with Crippen molar-refractivity contribution in [1.82, 2.24) is 0 Å². The van der Waals surface area contributed by atoms with Crippen LogP contribution in [0.5, 0.6) is 0 Å². The van der Waals surface area contributed by atoms with Crippen LogP contribution in [0.2, 0.25) is 0 Å². The molecule has 0 heterocycles. The predicted octanol–water partition coefficient (Wildman–Crippen LogP) is 8.47. The van der Waals surface area contributed by atoms with Gasteiger partial charge in [-0.3, -0.25) is 4.79 Å². The fraction of sp³-hybridized carbons (Fsp3) is 0.857. The summed E-state index contributed by atoms with van der Waals surface area (Å²) in [6.07, 6.45) is 28.7. The van der Waals surface area contributed by atoms with Gasteiger partial charge in [-0.15, -0.1) is 0 Å². The number of unbranched alkanes of at least 4 members (excludes halogenated alkanes) is 16. The molecule has 4 heteroatoms. The van der Waals surface area contributed by atoms with Gasteiger partial charge in [-0.05, 0) is 38.5 Å². The average molecular weight is 453 g/mol. The van der Waals surface area contributed by atoms with Gasteiger partial charge in [-0.1, -0.05) is 109 Å². The lowest BCUT2D eigenvalue weighted by Crippen LogP contribution is -2.16. The van der Waals surface area contributed by atoms with Crippen LogP contribution >= 0.6 is 0 Å². The summed E-state index contributed by atoms with van der Waals surface area (Å²) in [7, 11) is 0. The molecule has 0 aromatic carbocycles. The summed E-state index contributed by atoms with van der Waals surface area (Å²) < 4.78 is 9.91. The molecule has 0 spiro atoms. The quantitative estimate of drug-likeness (QED) is 0.0837. The molecule has 0 saturated carbocycles. The minimum atomic E-state index is -0.448. The molecule has 0 rings (SSSR count). The maximum Gasteiger partial charge on any atom is 0.344 e. The molecular weight excluding hydrogens is 400 g/mol. The third-order valence-electron chi connectivity index (χ3n) is 5.75. The largest absolute Gasteiger partial charge is 0.463 e. The lowest BCUT2D eigenvalue weighted by Gasteiger charge is -2.06. The zero-order valence-electron chi connectivity index (χ0n) is 21.3. The van der Waals surface area contributed by atoms with Crippen LogP contribution in [-0.4, -0.2) is 25.2 Å². The van der Waals surface area contributed by atoms with Crippen LogP contribution < -0.4 is 0 Å². The third-order valence-corrected chi connectivity index (χ3v) is 5.75. The summed E-state index contributed by atoms with van der Waals surface area (Å²) in [5.74, 6) is -0.741. The Hall–Kier alpha value is -1.32. The first-order chi connectivity index (χ1) is 15.7. The van der Waals surface area contributed by atoms with Crippen molar-refractivity contribution in [3.8, 4) is 0 Å². The maximum atomic E-state index is 11.6. The van der Waals surface area contributed by atoms with E-state index in [9.17, 15) is 9.59 Å². The summed E-state index contributed by atoms with van der Waals surface area (Å²) >= 11 is 0. The van der Waals surface area contributed by atoms with Crippen LogP contribution in [0.15, 0.2) is 12.2 Å². The molecule has 0 saturated heterocycles. The standard InChI is InChI=1S/C28H52O4/c1-3-5-7-8-9-10-11-12-13-14-15-16-17-18-19-20-21-22-23-24-27(29)32-26-28(30)31-25-6-4-2/h12-13H,3-11,14-26H2,1-2H3/b13-12-. The second-order valence-electron chi connectivity index (χ2n) is 8.98. The lowest BCUT2D eigenvalue weighted by molar-refractivity contribution is -0.158. The normalized spacial score (nSPS) is 11.2. The molecular formula is C28H52O4. The highest BCUT2D eigenvalue weighted by atomic mass is 16.6. The van der Waals surface area contributed by atoms with Gasteiger partial charge < -0.3 is 9.47 Å². The van der Waals surface area contributed by atoms with Crippen molar-refractivity contribution >= 4 is 11.9 Å². The van der Waals surface area contributed by atoms with E-state index in [1.807, 2.05) is 6.92 Å². The second kappa shape index (κ2) is 25.9. The van der Waals surface area contributed by atoms with Gasteiger partial charge in [0, 0.05) is 6.42 Å². The molecule has 0 aliphatic carbocycles. The first-order valence-corrected chi connectivity index (χ1v) is 13.7. The minimum absolute atomic E-state index is 0.253. The van der Waals surface area contributed by atoms with Gasteiger partial charge in [0.2, 0.25) is 0 Å². The Kier molecular flexibility index (Phi) is 24.9. The Labute approximate surface area is 198 Å². The van der Waals surface area contributed by atoms with Crippen molar-refractivity contribution in [2.24, 2.45) is 0 Å². The number of hydrogen-bond donors (Lipinski definition) is 0. The van der Waals surface area contributed by atoms with Crippen molar-refractivity contribution in [2.45, 2.75) is 142 Å². The van der Waals surface area contributed by atoms with Crippen molar-refractivity contribution < 1.29 is 19.1 Å². The van der Waals surface area contributed by atoms with Gasteiger partial charge in [-0.2, -0.15) is 0 Å². The van der Waals surface area contributed by atoms with E-state index in [0.717, 1.165) is 25.7 Å². The van der Waals surface area contributed by atoms with Crippen LogP contribution in [0, 0.1) is 0 Å². The van der Waals surface area contributed by atoms with Crippen LogP contribution in [0.3, 0.4) is 0 Å². The molecule has 32 heavy (non-hydrogen) atoms. The molecule has 4 nitrogen and oxygen atoms in total. The topological polar surface area (TPSA) is 52.6 Å². The summed E-state index contributed by atoms with van der Waals surface area (Å²) in [6, 6.07) is 0. The number of esters is 2. The van der Waals surface area contributed by atoms with Crippen LogP contribution in [0.25, 0.3) is 0 Å². The van der Waals surface area contributed by atoms with Gasteiger partial charge >= 0.3 is 11.9 Å². The van der Waals surface area contributed by atoms with E-state index in [4.69, 9.17) is 9.47 Å². The van der Waals surface area contributed by atoms with Crippen molar-refractivity contribution in [3.63, 3.8) is 0 Å². The molecule has 0 aliphatic heterocycles. The number of rotatable bonds is 24. The molecule has 0 unspecified atom stereocenters. The highest BCUT2D eigenvalue weighted by molar-refractivity contribution is 5.76. The molecule has 0 aromatic rings. The van der Waals surface area contributed by atoms with Gasteiger partial charge in [-0.25, -0.2) is 4.79 Å². The second-order valence-corrected chi connectivity index (χ2v) is 8.98. The molecule has 0 aliphatic rings. The van der Waals surface area contributed by atoms with Gasteiger partial charge in [0.05, 0.1) is 6.61 Å². The highest BCUT2D eigenvalue weighted by Gasteiger charge is 2.08. The Morgan fingerprint density at radius 2 is 1.00 bits per heavy atom. The van der Waals surface area contributed by atoms with Gasteiger partial charge in [0.1, 0.15) is 0 Å². The van der Waals surface area contributed by atoms with E-state index in [1.54, 1.807) is 0 Å². The predicted molar refractivity (Wildman–Crippen MR) is 135 cm³/mol. The molecule has 0 bridgehead atoms. The molecule has 0 N–H and O–H groups in total. The van der Waals surface area contributed by atoms with Crippen LogP contribution in [0.4, 0.5) is 0 Å². The SMILES string of the molecule is CCCCCCCC/C=C\CCCCCCCCCCCC(=O)OCC(=O)OCCCC. The molecule has 0 atom stereocenters. The third kappa shape index (κ3) is 24.9. The van der Waals surface area contributed by atoms with Crippen molar-refractivity contribution in [2.75, 3.05) is 13.2 Å². The van der Waals surface area contributed by atoms with Gasteiger partial charge in [0.15, 0.2) is 6.61 Å². The summed E-state index contributed by atoms with van der Waals surface area (Å²) in [6.45, 7) is 4.46. The fourth-order valence-corrected chi connectivity index (χ4v) is 3.63. The molecule has 188 valence electrons. The van der Waals surface area contributed by atoms with Crippen molar-refractivity contribution in [1.29, 1.82) is 0 Å². The Balaban J connectivity index is 3.25. The smallest absolute Gasteiger partial charge is 0.344 e. The Morgan fingerprint density at radius 1 is 0.531 bits per heavy atom. The number of ether oxygens (including phenoxy) is 2. The molecule has 0 amide bonds. The Morgan fingerprint density at radius 3 is 1.53 bits per heavy atom. The zero-order chi connectivity index (χ0) is 23.5. The Bertz CT molecular complexity index is 445. The zero-order valence-corrected chi connectivity index (χ0v) is 21.3. The first kappa shape index (κ1) is 30.7. The summed E-state index contributed by atoms with van der Waals surface area (Å²) in [5.41, 5.74) is 0. The van der Waals surface area contributed by atoms with E-state index in [-0.39, 0.29) is 12.6 Å². The summed E-state index contributed by atoms with van der Waals surface area (Å²) in [5, 5.41) is 0. The van der Waals surface area contributed by atoms with Crippen LogP contribution in [-0.2, 0) is 19.1 Å². The van der Waals surface area contributed by atoms with E-state index in [1.165, 1.54) is 96.3 Å². The molecule has 0 radical (unpaired) electrons. The minimum Gasteiger partial charge on any atom is -0.463 e. The summed E-state index contributed by atoms with van der Waals surface area (Å²) in [4.78, 5) is 23.0. The number of allylic oxidation sites excluding steroid dienone is 2. The van der Waals surface area contributed by atoms with Gasteiger partial charge in [0.25, 0.3) is 0 Å². The van der Waals surface area contributed by atoms with Crippen molar-refractivity contribution in [3.05, 3.63) is 12.2 Å². The maximum absolute atomic E-state index is 11.6. The molecule has 0 fully saturated rings. The van der Waals surface area contributed by atoms with E-state index < -0.39 is 5.97 Å². The van der Waals surface area contributed by atoms with Crippen LogP contribution in [0.1, 0.15) is 142 Å². The average Bonchev–Trinajstić information content (AvgIpc) is 2.79. The lowest BCUT2D eigenvalue weighted by atomic mass is 10.1. The fourth-order valence-electron chi connectivity index (χ4n) is 3.63.